The number of carbonyl (C=O) groups excluding carboxylic acids is 1. The van der Waals surface area contributed by atoms with Crippen LogP contribution in [0.2, 0.25) is 0 Å². The van der Waals surface area contributed by atoms with Crippen molar-refractivity contribution in [3.63, 3.8) is 0 Å². The van der Waals surface area contributed by atoms with Gasteiger partial charge < -0.3 is 14.0 Å². The van der Waals surface area contributed by atoms with Gasteiger partial charge in [0.1, 0.15) is 22.6 Å². The van der Waals surface area contributed by atoms with Crippen LogP contribution in [0.5, 0.6) is 11.5 Å². The summed E-state index contributed by atoms with van der Waals surface area (Å²) in [5, 5.41) is 20.4. The van der Waals surface area contributed by atoms with Gasteiger partial charge in [-0.2, -0.15) is 0 Å². The van der Waals surface area contributed by atoms with Crippen LogP contribution in [-0.4, -0.2) is 44.3 Å². The Morgan fingerprint density at radius 1 is 1.04 bits per heavy atom. The van der Waals surface area contributed by atoms with Gasteiger partial charge in [-0.05, 0) is 60.4 Å². The summed E-state index contributed by atoms with van der Waals surface area (Å²) in [5.41, 5.74) is 2.48. The van der Waals surface area contributed by atoms with Crippen molar-refractivity contribution >= 4 is 50.8 Å². The van der Waals surface area contributed by atoms with Crippen LogP contribution in [-0.2, 0) is 18.7 Å². The van der Waals surface area contributed by atoms with Crippen molar-refractivity contribution in [2.75, 3.05) is 19.5 Å². The van der Waals surface area contributed by atoms with E-state index < -0.39 is 5.91 Å². The molecule has 11 nitrogen and oxygen atoms in total. The van der Waals surface area contributed by atoms with Crippen LogP contribution in [0.1, 0.15) is 27.0 Å². The minimum atomic E-state index is -0.623. The number of hydrogen-bond donors (Lipinski definition) is 2. The van der Waals surface area contributed by atoms with Crippen molar-refractivity contribution in [2.24, 2.45) is 0 Å². The molecule has 2 N–H and O–H groups in total. The molecule has 0 spiro atoms. The number of rotatable bonds is 10. The molecule has 234 valence electrons. The highest BCUT2D eigenvalue weighted by Crippen LogP contribution is 2.30. The molecule has 2 aromatic carbocycles. The van der Waals surface area contributed by atoms with Gasteiger partial charge in [-0.3, -0.25) is 24.7 Å². The number of pyridine rings is 2. The van der Waals surface area contributed by atoms with E-state index in [2.05, 4.69) is 15.5 Å². The Balaban J connectivity index is 1.35. The third-order valence-electron chi connectivity index (χ3n) is 7.39. The lowest BCUT2D eigenvalue weighted by Gasteiger charge is -2.15. The number of aromatic nitrogens is 5. The summed E-state index contributed by atoms with van der Waals surface area (Å²) >= 11 is 2.43. The maximum atomic E-state index is 14.0. The quantitative estimate of drug-likeness (QED) is 0.116. The Bertz CT molecular complexity index is 2230. The molecule has 0 radical (unpaired) electrons. The smallest absolute Gasteiger partial charge is 0.267 e. The summed E-state index contributed by atoms with van der Waals surface area (Å²) in [6, 6.07) is 17.0. The van der Waals surface area contributed by atoms with Crippen molar-refractivity contribution in [2.45, 2.75) is 30.0 Å². The van der Waals surface area contributed by atoms with E-state index in [9.17, 15) is 14.0 Å². The van der Waals surface area contributed by atoms with Gasteiger partial charge >= 0.3 is 0 Å². The monoisotopic (exact) mass is 657 g/mol. The Labute approximate surface area is 270 Å². The van der Waals surface area contributed by atoms with Crippen LogP contribution in [0.25, 0.3) is 16.7 Å². The Morgan fingerprint density at radius 2 is 1.85 bits per heavy atom. The van der Waals surface area contributed by atoms with Crippen molar-refractivity contribution in [3.8, 4) is 11.5 Å². The number of aryl methyl sites for hydroxylation is 3. The molecule has 0 bridgehead atoms. The number of methoxy groups -OCH3 is 2. The summed E-state index contributed by atoms with van der Waals surface area (Å²) in [7, 11) is 3.12. The number of anilines is 1. The average Bonchev–Trinajstić information content (AvgIpc) is 3.51. The Kier molecular flexibility index (Phi) is 8.81. The first-order chi connectivity index (χ1) is 22.3. The van der Waals surface area contributed by atoms with E-state index in [-0.39, 0.29) is 39.5 Å². The second-order valence-electron chi connectivity index (χ2n) is 10.2. The van der Waals surface area contributed by atoms with E-state index in [1.54, 1.807) is 55.3 Å². The molecular formula is C32H28FN7O4S2. The molecule has 0 aliphatic heterocycles. The fourth-order valence-electron chi connectivity index (χ4n) is 5.00. The second-order valence-corrected chi connectivity index (χ2v) is 12.4. The number of benzene rings is 2. The van der Waals surface area contributed by atoms with Crippen LogP contribution in [0, 0.1) is 18.2 Å². The van der Waals surface area contributed by atoms with Crippen LogP contribution in [0.3, 0.4) is 0 Å². The zero-order valence-electron chi connectivity index (χ0n) is 25.0. The zero-order chi connectivity index (χ0) is 32.4. The maximum Gasteiger partial charge on any atom is 0.267 e. The fourth-order valence-corrected chi connectivity index (χ4v) is 6.74. The average molecular weight is 658 g/mol. The summed E-state index contributed by atoms with van der Waals surface area (Å²) < 4.78 is 28.4. The molecule has 14 heteroatoms. The van der Waals surface area contributed by atoms with E-state index in [0.717, 1.165) is 22.5 Å². The van der Waals surface area contributed by atoms with E-state index in [1.807, 2.05) is 25.1 Å². The van der Waals surface area contributed by atoms with Crippen LogP contribution in [0.4, 0.5) is 9.52 Å². The third kappa shape index (κ3) is 6.08. The summed E-state index contributed by atoms with van der Waals surface area (Å²) in [5.74, 6) is 0.575. The topological polar surface area (TPSA) is 136 Å². The first-order valence-electron chi connectivity index (χ1n) is 14.1. The van der Waals surface area contributed by atoms with Crippen molar-refractivity contribution < 1.29 is 18.7 Å². The number of hydrogen-bond acceptors (Lipinski definition) is 10. The van der Waals surface area contributed by atoms with E-state index >= 15 is 0 Å². The highest BCUT2D eigenvalue weighted by atomic mass is 32.2. The molecule has 0 saturated carbocycles. The van der Waals surface area contributed by atoms with Gasteiger partial charge in [-0.15, -0.1) is 10.2 Å². The molecule has 6 aromatic rings. The van der Waals surface area contributed by atoms with Gasteiger partial charge in [0.05, 0.1) is 25.2 Å². The fraction of sp³-hybridized carbons (Fsp3) is 0.188. The standard InChI is InChI=1S/C32H28FN7O4S2/c1-18-7-6-13-40-27(18)35-28-22(30(40)42)16-21(26(34)39(28)14-12-19-10-11-24(43-2)25(15-19)44-3)29(41)36-31-37-38-32(46-31)45-17-20-8-4-5-9-23(20)33/h4-11,13,15-16,34H,12,14,17H2,1-3H3,(H,36,37,41). The lowest BCUT2D eigenvalue weighted by molar-refractivity contribution is 0.102. The first kappa shape index (κ1) is 30.9. The molecule has 0 atom stereocenters. The largest absolute Gasteiger partial charge is 0.493 e. The number of amides is 1. The van der Waals surface area contributed by atoms with E-state index in [4.69, 9.17) is 19.9 Å². The third-order valence-corrected chi connectivity index (χ3v) is 9.41. The number of halogens is 1. The summed E-state index contributed by atoms with van der Waals surface area (Å²) in [6.07, 6.45) is 2.08. The van der Waals surface area contributed by atoms with Gasteiger partial charge in [0.25, 0.3) is 11.5 Å². The molecule has 4 aromatic heterocycles. The predicted octanol–water partition coefficient (Wildman–Crippen LogP) is 5.23. The lowest BCUT2D eigenvalue weighted by atomic mass is 10.1. The number of ether oxygens (including phenoxy) is 2. The molecule has 6 rings (SSSR count). The molecule has 0 aliphatic carbocycles. The van der Waals surface area contributed by atoms with Crippen molar-refractivity contribution in [3.05, 3.63) is 111 Å². The van der Waals surface area contributed by atoms with Crippen LogP contribution < -0.4 is 25.8 Å². The molecule has 0 fully saturated rings. The van der Waals surface area contributed by atoms with E-state index in [1.165, 1.54) is 28.3 Å². The Hall–Kier alpha value is -5.08. The lowest BCUT2D eigenvalue weighted by Crippen LogP contribution is -2.32. The van der Waals surface area contributed by atoms with Crippen LogP contribution in [0.15, 0.2) is 76.0 Å². The molecule has 0 saturated heterocycles. The molecular weight excluding hydrogens is 630 g/mol. The molecule has 4 heterocycles. The highest BCUT2D eigenvalue weighted by Gasteiger charge is 2.20. The number of carbonyl (C=O) groups is 1. The van der Waals surface area contributed by atoms with Crippen molar-refractivity contribution in [1.82, 2.24) is 24.1 Å². The van der Waals surface area contributed by atoms with Gasteiger partial charge in [0.15, 0.2) is 15.8 Å². The zero-order valence-corrected chi connectivity index (χ0v) is 26.7. The van der Waals surface area contributed by atoms with Crippen molar-refractivity contribution in [1.29, 1.82) is 5.41 Å². The maximum absolute atomic E-state index is 14.0. The number of nitrogens with one attached hydrogen (secondary N) is 2. The first-order valence-corrected chi connectivity index (χ1v) is 15.9. The SMILES string of the molecule is COc1ccc(CCn2c(=N)c(C(=O)Nc3nnc(SCc4ccccc4F)s3)cc3c(=O)n4cccc(C)c4nc32)cc1OC. The number of thioether (sulfide) groups is 1. The number of nitrogens with zero attached hydrogens (tertiary/aromatic N) is 5. The molecule has 1 amide bonds. The Morgan fingerprint density at radius 3 is 2.63 bits per heavy atom. The molecule has 0 aliphatic rings. The van der Waals surface area contributed by atoms with Gasteiger partial charge in [-0.1, -0.05) is 53.4 Å². The molecule has 46 heavy (non-hydrogen) atoms. The second kappa shape index (κ2) is 13.1. The normalized spacial score (nSPS) is 11.2. The van der Waals surface area contributed by atoms with Crippen LogP contribution >= 0.6 is 23.1 Å². The minimum absolute atomic E-state index is 0.0259. The summed E-state index contributed by atoms with van der Waals surface area (Å²) in [6.45, 7) is 2.10. The molecule has 0 unspecified atom stereocenters. The summed E-state index contributed by atoms with van der Waals surface area (Å²) in [4.78, 5) is 32.1. The highest BCUT2D eigenvalue weighted by molar-refractivity contribution is 8.00. The number of fused-ring (bicyclic) bond motifs is 2. The van der Waals surface area contributed by atoms with Gasteiger partial charge in [0, 0.05) is 18.5 Å². The predicted molar refractivity (Wildman–Crippen MR) is 175 cm³/mol. The van der Waals surface area contributed by atoms with E-state index in [0.29, 0.717) is 44.9 Å². The van der Waals surface area contributed by atoms with Gasteiger partial charge in [0.2, 0.25) is 5.13 Å². The van der Waals surface area contributed by atoms with Gasteiger partial charge in [-0.25, -0.2) is 9.37 Å². The minimum Gasteiger partial charge on any atom is -0.493 e.